The Bertz CT molecular complexity index is 364. The Hall–Kier alpha value is -1.58. The van der Waals surface area contributed by atoms with Crippen LogP contribution in [0.2, 0.25) is 0 Å². The lowest BCUT2D eigenvalue weighted by atomic mass is 10.0. The number of aliphatic carboxylic acids is 1. The van der Waals surface area contributed by atoms with Gasteiger partial charge in [-0.15, -0.1) is 12.3 Å². The second-order valence-corrected chi connectivity index (χ2v) is 4.19. The molecule has 1 aliphatic rings. The van der Waals surface area contributed by atoms with E-state index in [9.17, 15) is 9.59 Å². The van der Waals surface area contributed by atoms with Crippen LogP contribution in [-0.2, 0) is 14.3 Å². The van der Waals surface area contributed by atoms with Crippen LogP contribution < -0.4 is 5.73 Å². The highest BCUT2D eigenvalue weighted by Crippen LogP contribution is 2.20. The van der Waals surface area contributed by atoms with Gasteiger partial charge in [-0.05, 0) is 6.92 Å². The molecule has 0 spiro atoms. The molecule has 0 aromatic carbocycles. The van der Waals surface area contributed by atoms with Crippen molar-refractivity contribution >= 4 is 11.9 Å². The Balaban J connectivity index is 2.80. The van der Waals surface area contributed by atoms with E-state index in [-0.39, 0.29) is 25.5 Å². The number of hydrogen-bond donors (Lipinski definition) is 2. The fraction of sp³-hybridized carbons (Fsp3) is 0.667. The third kappa shape index (κ3) is 3.00. The van der Waals surface area contributed by atoms with E-state index in [4.69, 9.17) is 22.0 Å². The molecule has 1 amide bonds. The Labute approximate surface area is 106 Å². The second-order valence-electron chi connectivity index (χ2n) is 4.19. The zero-order chi connectivity index (χ0) is 13.7. The molecule has 0 aliphatic carbocycles. The Morgan fingerprint density at radius 1 is 1.61 bits per heavy atom. The molecule has 0 bridgehead atoms. The van der Waals surface area contributed by atoms with Crippen LogP contribution in [0.1, 0.15) is 13.3 Å². The van der Waals surface area contributed by atoms with Crippen molar-refractivity contribution < 1.29 is 19.4 Å². The summed E-state index contributed by atoms with van der Waals surface area (Å²) in [5.74, 6) is 0.344. The molecule has 0 saturated carbocycles. The molecule has 1 heterocycles. The normalized spacial score (nSPS) is 24.3. The summed E-state index contributed by atoms with van der Waals surface area (Å²) < 4.78 is 5.15. The van der Waals surface area contributed by atoms with E-state index < -0.39 is 24.0 Å². The van der Waals surface area contributed by atoms with Gasteiger partial charge in [0.2, 0.25) is 5.91 Å². The van der Waals surface area contributed by atoms with Crippen molar-refractivity contribution in [2.45, 2.75) is 25.4 Å². The van der Waals surface area contributed by atoms with Gasteiger partial charge in [0, 0.05) is 13.0 Å². The third-order valence-electron chi connectivity index (χ3n) is 3.05. The van der Waals surface area contributed by atoms with Gasteiger partial charge in [0.1, 0.15) is 5.92 Å². The van der Waals surface area contributed by atoms with Gasteiger partial charge in [0.05, 0.1) is 25.3 Å². The van der Waals surface area contributed by atoms with E-state index in [0.717, 1.165) is 0 Å². The summed E-state index contributed by atoms with van der Waals surface area (Å²) in [4.78, 5) is 24.6. The van der Waals surface area contributed by atoms with Gasteiger partial charge < -0.3 is 20.5 Å². The molecule has 0 aromatic heterocycles. The number of rotatable bonds is 5. The van der Waals surface area contributed by atoms with Gasteiger partial charge in [0.25, 0.3) is 0 Å². The van der Waals surface area contributed by atoms with Gasteiger partial charge in [-0.2, -0.15) is 0 Å². The molecule has 3 atom stereocenters. The summed E-state index contributed by atoms with van der Waals surface area (Å²) >= 11 is 0. The number of amides is 1. The molecule has 3 N–H and O–H groups in total. The molecule has 1 saturated heterocycles. The van der Waals surface area contributed by atoms with Crippen molar-refractivity contribution in [3.63, 3.8) is 0 Å². The minimum absolute atomic E-state index is 0.119. The average Bonchev–Trinajstić information content (AvgIpc) is 2.79. The summed E-state index contributed by atoms with van der Waals surface area (Å²) in [6.45, 7) is 2.50. The van der Waals surface area contributed by atoms with Crippen LogP contribution in [0.15, 0.2) is 0 Å². The summed E-state index contributed by atoms with van der Waals surface area (Å²) in [5.41, 5.74) is 5.67. The number of ether oxygens (including phenoxy) is 1. The van der Waals surface area contributed by atoms with E-state index in [1.54, 1.807) is 6.92 Å². The van der Waals surface area contributed by atoms with Crippen LogP contribution in [-0.4, -0.2) is 53.7 Å². The molecule has 1 fully saturated rings. The van der Waals surface area contributed by atoms with Crippen LogP contribution in [0.5, 0.6) is 0 Å². The number of carboxylic acid groups (broad SMARTS) is 1. The van der Waals surface area contributed by atoms with Crippen molar-refractivity contribution in [3.05, 3.63) is 0 Å². The molecule has 1 rings (SSSR count). The molecule has 6 heteroatoms. The molecule has 0 aromatic rings. The maximum Gasteiger partial charge on any atom is 0.311 e. The van der Waals surface area contributed by atoms with Crippen molar-refractivity contribution in [2.24, 2.45) is 11.7 Å². The molecule has 1 aliphatic heterocycles. The number of carboxylic acids is 1. The minimum atomic E-state index is -0.964. The monoisotopic (exact) mass is 254 g/mol. The van der Waals surface area contributed by atoms with Crippen LogP contribution >= 0.6 is 0 Å². The van der Waals surface area contributed by atoms with Gasteiger partial charge in [-0.3, -0.25) is 9.59 Å². The Morgan fingerprint density at radius 3 is 2.78 bits per heavy atom. The highest BCUT2D eigenvalue weighted by Gasteiger charge is 2.40. The summed E-state index contributed by atoms with van der Waals surface area (Å²) in [5, 5.41) is 9.07. The zero-order valence-corrected chi connectivity index (χ0v) is 10.3. The van der Waals surface area contributed by atoms with Crippen molar-refractivity contribution in [3.8, 4) is 12.3 Å². The third-order valence-corrected chi connectivity index (χ3v) is 3.05. The number of terminal acetylenes is 1. The van der Waals surface area contributed by atoms with Gasteiger partial charge >= 0.3 is 5.97 Å². The van der Waals surface area contributed by atoms with Crippen molar-refractivity contribution in [1.82, 2.24) is 4.90 Å². The largest absolute Gasteiger partial charge is 0.481 e. The van der Waals surface area contributed by atoms with E-state index >= 15 is 0 Å². The van der Waals surface area contributed by atoms with E-state index in [2.05, 4.69) is 5.92 Å². The molecule has 18 heavy (non-hydrogen) atoms. The van der Waals surface area contributed by atoms with Crippen LogP contribution in [0.3, 0.4) is 0 Å². The van der Waals surface area contributed by atoms with Gasteiger partial charge in [-0.25, -0.2) is 0 Å². The summed E-state index contributed by atoms with van der Waals surface area (Å²) in [6, 6.07) is -1.26. The number of likely N-dealkylation sites (N-methyl/N-ethyl adjacent to an activating group) is 1. The first kappa shape index (κ1) is 14.5. The Kier molecular flexibility index (Phi) is 5.13. The topological polar surface area (TPSA) is 92.9 Å². The molecular formula is C12H18N2O4. The van der Waals surface area contributed by atoms with Crippen LogP contribution in [0.4, 0.5) is 0 Å². The van der Waals surface area contributed by atoms with E-state index in [1.165, 1.54) is 4.90 Å². The summed E-state index contributed by atoms with van der Waals surface area (Å²) in [7, 11) is 0. The molecule has 0 radical (unpaired) electrons. The maximum absolute atomic E-state index is 12.1. The Morgan fingerprint density at radius 2 is 2.28 bits per heavy atom. The standard InChI is InChI=1S/C12H18N2O4/c1-3-5-9(13)11(15)14(4-2)10-7-18-6-8(10)12(16)17/h1,8-10H,4-7,13H2,2H3,(H,16,17). The van der Waals surface area contributed by atoms with Gasteiger partial charge in [0.15, 0.2) is 0 Å². The number of carbonyl (C=O) groups excluding carboxylic acids is 1. The second kappa shape index (κ2) is 6.38. The molecule has 6 nitrogen and oxygen atoms in total. The van der Waals surface area contributed by atoms with Gasteiger partial charge in [-0.1, -0.05) is 0 Å². The molecule has 100 valence electrons. The zero-order valence-electron chi connectivity index (χ0n) is 10.3. The highest BCUT2D eigenvalue weighted by molar-refractivity contribution is 5.83. The van der Waals surface area contributed by atoms with Crippen LogP contribution in [0, 0.1) is 18.3 Å². The quantitative estimate of drug-likeness (QED) is 0.632. The number of carbonyl (C=O) groups is 2. The van der Waals surface area contributed by atoms with E-state index in [0.29, 0.717) is 6.54 Å². The first-order chi connectivity index (χ1) is 8.52. The number of hydrogen-bond acceptors (Lipinski definition) is 4. The van der Waals surface area contributed by atoms with Crippen molar-refractivity contribution in [2.75, 3.05) is 19.8 Å². The maximum atomic E-state index is 12.1. The smallest absolute Gasteiger partial charge is 0.311 e. The fourth-order valence-electron chi connectivity index (χ4n) is 2.07. The minimum Gasteiger partial charge on any atom is -0.481 e. The molecular weight excluding hydrogens is 236 g/mol. The summed E-state index contributed by atoms with van der Waals surface area (Å²) in [6.07, 6.45) is 5.26. The number of nitrogens with zero attached hydrogens (tertiary/aromatic N) is 1. The van der Waals surface area contributed by atoms with Crippen LogP contribution in [0.25, 0.3) is 0 Å². The predicted octanol–water partition coefficient (Wildman–Crippen LogP) is -0.715. The SMILES string of the molecule is C#CCC(N)C(=O)N(CC)C1COCC1C(=O)O. The lowest BCUT2D eigenvalue weighted by Gasteiger charge is -2.31. The highest BCUT2D eigenvalue weighted by atomic mass is 16.5. The lowest BCUT2D eigenvalue weighted by Crippen LogP contribution is -2.52. The fourth-order valence-corrected chi connectivity index (χ4v) is 2.07. The lowest BCUT2D eigenvalue weighted by molar-refractivity contribution is -0.145. The first-order valence-electron chi connectivity index (χ1n) is 5.83. The number of nitrogens with two attached hydrogens (primary N) is 1. The predicted molar refractivity (Wildman–Crippen MR) is 64.5 cm³/mol. The molecule has 3 unspecified atom stereocenters. The average molecular weight is 254 g/mol. The first-order valence-corrected chi connectivity index (χ1v) is 5.83. The van der Waals surface area contributed by atoms with Crippen molar-refractivity contribution in [1.29, 1.82) is 0 Å². The van der Waals surface area contributed by atoms with E-state index in [1.807, 2.05) is 0 Å².